The Bertz CT molecular complexity index is 1370. The summed E-state index contributed by atoms with van der Waals surface area (Å²) in [5, 5.41) is 0. The van der Waals surface area contributed by atoms with Gasteiger partial charge in [0.25, 0.3) is 0 Å². The monoisotopic (exact) mass is 567 g/mol. The van der Waals surface area contributed by atoms with Gasteiger partial charge in [-0.3, -0.25) is 0 Å². The maximum atomic E-state index is 12.7. The second-order valence-electron chi connectivity index (χ2n) is 9.66. The summed E-state index contributed by atoms with van der Waals surface area (Å²) in [6.45, 7) is 6.89. The van der Waals surface area contributed by atoms with Crippen molar-refractivity contribution in [2.24, 2.45) is 0 Å². The van der Waals surface area contributed by atoms with E-state index < -0.39 is 17.9 Å². The maximum Gasteiger partial charge on any atom is 0.573 e. The number of hydrogen-bond acceptors (Lipinski definition) is 4. The Morgan fingerprint density at radius 2 is 1.25 bits per heavy atom. The van der Waals surface area contributed by atoms with Crippen molar-refractivity contribution < 1.29 is 32.2 Å². The van der Waals surface area contributed by atoms with Gasteiger partial charge in [-0.1, -0.05) is 48.5 Å². The molecule has 0 aliphatic carbocycles. The van der Waals surface area contributed by atoms with Gasteiger partial charge in [-0.05, 0) is 80.8 Å². The highest BCUT2D eigenvalue weighted by Crippen LogP contribution is 2.36. The molecule has 8 heteroatoms. The maximum absolute atomic E-state index is 12.7. The van der Waals surface area contributed by atoms with Crippen molar-refractivity contribution >= 4 is 16.9 Å². The van der Waals surface area contributed by atoms with E-state index in [0.717, 1.165) is 16.0 Å². The Balaban J connectivity index is 1.47. The van der Waals surface area contributed by atoms with E-state index >= 15 is 0 Å². The van der Waals surface area contributed by atoms with Crippen molar-refractivity contribution in [1.82, 2.24) is 0 Å². The molecule has 0 heterocycles. The molecule has 0 aromatic heterocycles. The third kappa shape index (κ3) is 7.39. The largest absolute Gasteiger partial charge is 0.573 e. The molecule has 4 nitrogen and oxygen atoms in total. The van der Waals surface area contributed by atoms with E-state index in [9.17, 15) is 18.0 Å². The number of esters is 1. The second-order valence-corrected chi connectivity index (χ2v) is 11.7. The van der Waals surface area contributed by atoms with Gasteiger partial charge in [-0.2, -0.15) is 0 Å². The lowest BCUT2D eigenvalue weighted by Gasteiger charge is -2.26. The van der Waals surface area contributed by atoms with Gasteiger partial charge in [0.05, 0.1) is 10.9 Å². The highest BCUT2D eigenvalue weighted by atomic mass is 32.2. The normalized spacial score (nSPS) is 11.8. The zero-order chi connectivity index (χ0) is 28.9. The Morgan fingerprint density at radius 1 is 0.750 bits per heavy atom. The lowest BCUT2D eigenvalue weighted by Crippen LogP contribution is -2.28. The van der Waals surface area contributed by atoms with Crippen LogP contribution in [0, 0.1) is 13.8 Å². The predicted molar refractivity (Wildman–Crippen MR) is 149 cm³/mol. The SMILES string of the molecule is Cc1cc([S+](c2ccccc2)c2ccccc2)cc(C)c1OCC(=O)OC(C)(C)c1ccc(OC(F)(F)F)cc1. The average Bonchev–Trinajstić information content (AvgIpc) is 2.89. The van der Waals surface area contributed by atoms with E-state index in [1.165, 1.54) is 34.1 Å². The number of aryl methyl sites for hydroxylation is 2. The molecular formula is C32H30F3O4S+. The molecule has 0 saturated carbocycles. The highest BCUT2D eigenvalue weighted by molar-refractivity contribution is 7.97. The molecule has 0 saturated heterocycles. The summed E-state index contributed by atoms with van der Waals surface area (Å²) in [5.41, 5.74) is 1.21. The second kappa shape index (κ2) is 12.1. The van der Waals surface area contributed by atoms with E-state index in [0.29, 0.717) is 11.3 Å². The van der Waals surface area contributed by atoms with Crippen LogP contribution in [0.4, 0.5) is 13.2 Å². The Kier molecular flexibility index (Phi) is 8.79. The number of carbonyl (C=O) groups is 1. The van der Waals surface area contributed by atoms with E-state index in [1.807, 2.05) is 50.2 Å². The summed E-state index contributed by atoms with van der Waals surface area (Å²) in [7, 11) is -0.317. The van der Waals surface area contributed by atoms with Crippen LogP contribution in [0.15, 0.2) is 112 Å². The van der Waals surface area contributed by atoms with E-state index in [1.54, 1.807) is 13.8 Å². The van der Waals surface area contributed by atoms with Crippen molar-refractivity contribution in [1.29, 1.82) is 0 Å². The zero-order valence-corrected chi connectivity index (χ0v) is 23.4. The summed E-state index contributed by atoms with van der Waals surface area (Å²) in [6, 6.07) is 30.0. The molecule has 0 radical (unpaired) electrons. The summed E-state index contributed by atoms with van der Waals surface area (Å²) in [6.07, 6.45) is -4.78. The molecule has 4 rings (SSSR count). The van der Waals surface area contributed by atoms with Crippen LogP contribution in [0.3, 0.4) is 0 Å². The first kappa shape index (κ1) is 29.1. The summed E-state index contributed by atoms with van der Waals surface area (Å²) in [4.78, 5) is 16.2. The number of halogens is 3. The first-order valence-electron chi connectivity index (χ1n) is 12.6. The Hall–Kier alpha value is -3.91. The van der Waals surface area contributed by atoms with Gasteiger partial charge in [-0.15, -0.1) is 13.2 Å². The van der Waals surface area contributed by atoms with Crippen LogP contribution in [0.5, 0.6) is 11.5 Å². The molecule has 208 valence electrons. The summed E-state index contributed by atoms with van der Waals surface area (Å²) < 4.78 is 52.8. The molecule has 4 aromatic rings. The Morgan fingerprint density at radius 3 is 1.73 bits per heavy atom. The molecule has 0 aliphatic rings. The highest BCUT2D eigenvalue weighted by Gasteiger charge is 2.32. The minimum Gasteiger partial charge on any atom is -0.481 e. The number of benzene rings is 4. The molecule has 4 aromatic carbocycles. The van der Waals surface area contributed by atoms with Crippen LogP contribution in [0.25, 0.3) is 0 Å². The van der Waals surface area contributed by atoms with Crippen LogP contribution < -0.4 is 9.47 Å². The molecule has 0 spiro atoms. The first-order valence-corrected chi connectivity index (χ1v) is 13.8. The van der Waals surface area contributed by atoms with E-state index in [2.05, 4.69) is 41.1 Å². The van der Waals surface area contributed by atoms with Gasteiger partial charge in [0, 0.05) is 12.1 Å². The van der Waals surface area contributed by atoms with Gasteiger partial charge < -0.3 is 14.2 Å². The molecular weight excluding hydrogens is 537 g/mol. The van der Waals surface area contributed by atoms with Crippen molar-refractivity contribution in [3.63, 3.8) is 0 Å². The number of rotatable bonds is 9. The fourth-order valence-electron chi connectivity index (χ4n) is 4.34. The van der Waals surface area contributed by atoms with E-state index in [-0.39, 0.29) is 23.3 Å². The summed E-state index contributed by atoms with van der Waals surface area (Å²) >= 11 is 0. The minimum absolute atomic E-state index is 0.317. The smallest absolute Gasteiger partial charge is 0.481 e. The van der Waals surface area contributed by atoms with Gasteiger partial charge >= 0.3 is 12.3 Å². The van der Waals surface area contributed by atoms with Crippen LogP contribution >= 0.6 is 0 Å². The van der Waals surface area contributed by atoms with Gasteiger partial charge in [0.1, 0.15) is 17.1 Å². The molecule has 0 bridgehead atoms. The topological polar surface area (TPSA) is 44.8 Å². The van der Waals surface area contributed by atoms with Gasteiger partial charge in [-0.25, -0.2) is 4.79 Å². The van der Waals surface area contributed by atoms with Gasteiger partial charge in [0.2, 0.25) is 0 Å². The minimum atomic E-state index is -4.78. The first-order chi connectivity index (χ1) is 18.9. The fraction of sp³-hybridized carbons (Fsp3) is 0.219. The lowest BCUT2D eigenvalue weighted by molar-refractivity contribution is -0.274. The van der Waals surface area contributed by atoms with Gasteiger partial charge in [0.15, 0.2) is 21.3 Å². The number of carbonyl (C=O) groups excluding carboxylic acids is 1. The molecule has 40 heavy (non-hydrogen) atoms. The van der Waals surface area contributed by atoms with Crippen molar-refractivity contribution in [2.75, 3.05) is 6.61 Å². The van der Waals surface area contributed by atoms with E-state index in [4.69, 9.17) is 9.47 Å². The third-order valence-corrected chi connectivity index (χ3v) is 8.31. The number of alkyl halides is 3. The van der Waals surface area contributed by atoms with Crippen LogP contribution in [0.2, 0.25) is 0 Å². The molecule has 0 amide bonds. The molecule has 0 unspecified atom stereocenters. The lowest BCUT2D eigenvalue weighted by atomic mass is 9.98. The molecule has 0 aliphatic heterocycles. The Labute approximate surface area is 235 Å². The van der Waals surface area contributed by atoms with Crippen molar-refractivity contribution in [3.8, 4) is 11.5 Å². The quantitative estimate of drug-likeness (QED) is 0.151. The molecule has 0 fully saturated rings. The van der Waals surface area contributed by atoms with Crippen molar-refractivity contribution in [2.45, 2.75) is 54.3 Å². The molecule has 0 N–H and O–H groups in total. The number of ether oxygens (including phenoxy) is 3. The van der Waals surface area contributed by atoms with Crippen LogP contribution in [0.1, 0.15) is 30.5 Å². The van der Waals surface area contributed by atoms with Crippen LogP contribution in [-0.4, -0.2) is 18.9 Å². The third-order valence-electron chi connectivity index (χ3n) is 6.11. The predicted octanol–water partition coefficient (Wildman–Crippen LogP) is 8.15. The standard InChI is InChI=1S/C32H30F3O4S/c1-22-19-28(40(26-11-7-5-8-12-26)27-13-9-6-10-14-27)20-23(2)30(22)37-21-29(36)39-31(3,4)24-15-17-25(18-16-24)38-32(33,34)35/h5-20H,21H2,1-4H3/q+1. The van der Waals surface area contributed by atoms with Crippen LogP contribution in [-0.2, 0) is 26.0 Å². The zero-order valence-electron chi connectivity index (χ0n) is 22.6. The number of hydrogen-bond donors (Lipinski definition) is 0. The fourth-order valence-corrected chi connectivity index (χ4v) is 6.60. The van der Waals surface area contributed by atoms with Crippen molar-refractivity contribution in [3.05, 3.63) is 114 Å². The average molecular weight is 568 g/mol. The molecule has 0 atom stereocenters. The summed E-state index contributed by atoms with van der Waals surface area (Å²) in [5.74, 6) is -0.341.